The molecule has 2 aromatic carbocycles. The Kier molecular flexibility index (Phi) is 11.7. The molecule has 4 heterocycles. The highest BCUT2D eigenvalue weighted by atomic mass is 35.5. The average molecular weight is 780 g/mol. The molecule has 2 aliphatic heterocycles. The van der Waals surface area contributed by atoms with Crippen LogP contribution >= 0.6 is 23.2 Å². The normalized spacial score (nSPS) is 15.1. The second kappa shape index (κ2) is 16.1. The zero-order chi connectivity index (χ0) is 38.9. The summed E-state index contributed by atoms with van der Waals surface area (Å²) in [5.74, 6) is -0.360. The van der Waals surface area contributed by atoms with Crippen LogP contribution in [-0.4, -0.2) is 85.3 Å². The highest BCUT2D eigenvalue weighted by Gasteiger charge is 2.30. The van der Waals surface area contributed by atoms with Crippen LogP contribution in [0.3, 0.4) is 0 Å². The Balaban J connectivity index is 1.18. The Morgan fingerprint density at radius 3 is 2.06 bits per heavy atom. The number of amides is 3. The van der Waals surface area contributed by atoms with Gasteiger partial charge < -0.3 is 34.1 Å². The van der Waals surface area contributed by atoms with E-state index in [9.17, 15) is 14.4 Å². The Hall–Kier alpha value is -4.43. The fraction of sp³-hybridized carbons (Fsp3) is 0.462. The number of benzene rings is 2. The maximum absolute atomic E-state index is 13.7. The summed E-state index contributed by atoms with van der Waals surface area (Å²) in [5.41, 5.74) is 4.63. The van der Waals surface area contributed by atoms with E-state index in [-0.39, 0.29) is 28.3 Å². The van der Waals surface area contributed by atoms with Crippen LogP contribution in [0.15, 0.2) is 36.4 Å². The molecule has 0 spiro atoms. The molecule has 2 aliphatic rings. The molecule has 0 atom stereocenters. The second-order valence-electron chi connectivity index (χ2n) is 14.8. The number of aromatic nitrogens is 4. The van der Waals surface area contributed by atoms with E-state index in [0.29, 0.717) is 53.0 Å². The number of rotatable bonds is 9. The van der Waals surface area contributed by atoms with Crippen LogP contribution in [0.1, 0.15) is 84.6 Å². The van der Waals surface area contributed by atoms with Crippen molar-refractivity contribution in [2.45, 2.75) is 78.1 Å². The number of ether oxygens (including phenoxy) is 2. The van der Waals surface area contributed by atoms with E-state index in [1.165, 1.54) is 4.90 Å². The molecule has 1 saturated heterocycles. The first-order valence-corrected chi connectivity index (χ1v) is 19.0. The van der Waals surface area contributed by atoms with E-state index in [4.69, 9.17) is 37.7 Å². The van der Waals surface area contributed by atoms with E-state index in [1.807, 2.05) is 18.5 Å². The molecule has 1 fully saturated rings. The summed E-state index contributed by atoms with van der Waals surface area (Å²) >= 11 is 13.9. The van der Waals surface area contributed by atoms with Gasteiger partial charge in [-0.3, -0.25) is 14.5 Å². The van der Waals surface area contributed by atoms with Crippen LogP contribution in [0.2, 0.25) is 10.0 Å². The van der Waals surface area contributed by atoms with Crippen molar-refractivity contribution in [1.29, 1.82) is 0 Å². The standard InChI is InChI=1S/C39H48Cl2N8O5/c1-8-30-28(21-46(5)38(52)54-39(2,3)4)42-34(47(30)6)36(50)44-26-13-9-11-24(32(26)40)25-12-10-14-27(33(25)41)45-37(51)35-43-29-22-49(18-15-31(29)48(35)7)23-16-19-53-20-17-23/h9-14,23H,8,15-22H2,1-7H3,(H,44,50)(H,45,51). The molecule has 15 heteroatoms. The van der Waals surface area contributed by atoms with E-state index >= 15 is 0 Å². The van der Waals surface area contributed by atoms with Crippen LogP contribution < -0.4 is 10.6 Å². The smallest absolute Gasteiger partial charge is 0.410 e. The lowest BCUT2D eigenvalue weighted by molar-refractivity contribution is 0.0280. The number of nitrogens with zero attached hydrogens (tertiary/aromatic N) is 6. The first-order valence-electron chi connectivity index (χ1n) is 18.2. The van der Waals surface area contributed by atoms with E-state index in [1.54, 1.807) is 75.8 Å². The summed E-state index contributed by atoms with van der Waals surface area (Å²) < 4.78 is 14.6. The minimum atomic E-state index is -0.644. The zero-order valence-corrected chi connectivity index (χ0v) is 33.4. The molecule has 3 amide bonds. The number of carbonyl (C=O) groups excluding carboxylic acids is 3. The van der Waals surface area contributed by atoms with Gasteiger partial charge in [0.1, 0.15) is 5.60 Å². The predicted octanol–water partition coefficient (Wildman–Crippen LogP) is 7.10. The highest BCUT2D eigenvalue weighted by molar-refractivity contribution is 6.40. The number of fused-ring (bicyclic) bond motifs is 1. The fourth-order valence-electron chi connectivity index (χ4n) is 7.13. The van der Waals surface area contributed by atoms with Gasteiger partial charge in [0, 0.05) is 82.4 Å². The van der Waals surface area contributed by atoms with Gasteiger partial charge in [-0.05, 0) is 52.2 Å². The Morgan fingerprint density at radius 2 is 1.50 bits per heavy atom. The molecule has 2 aromatic heterocycles. The summed E-state index contributed by atoms with van der Waals surface area (Å²) in [7, 11) is 5.27. The molecule has 0 unspecified atom stereocenters. The molecule has 54 heavy (non-hydrogen) atoms. The Bertz CT molecular complexity index is 2060. The van der Waals surface area contributed by atoms with Gasteiger partial charge in [0.15, 0.2) is 11.6 Å². The molecule has 4 aromatic rings. The van der Waals surface area contributed by atoms with Crippen molar-refractivity contribution >= 4 is 52.5 Å². The van der Waals surface area contributed by atoms with Gasteiger partial charge in [-0.15, -0.1) is 0 Å². The SMILES string of the molecule is CCc1c(CN(C)C(=O)OC(C)(C)C)nc(C(=O)Nc2cccc(-c3cccc(NC(=O)c4nc5c(n4C)CCN(C4CCOCC4)C5)c3Cl)c2Cl)n1C. The minimum Gasteiger partial charge on any atom is -0.444 e. The second-order valence-corrected chi connectivity index (χ2v) is 15.5. The first-order chi connectivity index (χ1) is 25.7. The quantitative estimate of drug-likeness (QED) is 0.184. The van der Waals surface area contributed by atoms with Crippen molar-refractivity contribution in [3.05, 3.63) is 80.9 Å². The topological polar surface area (TPSA) is 136 Å². The van der Waals surface area contributed by atoms with Gasteiger partial charge in [-0.2, -0.15) is 0 Å². The molecule has 288 valence electrons. The third-order valence-corrected chi connectivity index (χ3v) is 10.7. The van der Waals surface area contributed by atoms with Crippen LogP contribution in [0.5, 0.6) is 0 Å². The van der Waals surface area contributed by atoms with Crippen molar-refractivity contribution in [3.63, 3.8) is 0 Å². The van der Waals surface area contributed by atoms with E-state index in [2.05, 4.69) is 20.5 Å². The third kappa shape index (κ3) is 8.29. The molecule has 0 saturated carbocycles. The molecule has 0 bridgehead atoms. The zero-order valence-electron chi connectivity index (χ0n) is 31.9. The molecular weight excluding hydrogens is 731 g/mol. The minimum absolute atomic E-state index is 0.163. The summed E-state index contributed by atoms with van der Waals surface area (Å²) in [6.07, 6.45) is 2.93. The first kappa shape index (κ1) is 39.3. The van der Waals surface area contributed by atoms with Gasteiger partial charge >= 0.3 is 6.09 Å². The third-order valence-electron chi connectivity index (χ3n) is 9.91. The van der Waals surface area contributed by atoms with Crippen molar-refractivity contribution in [1.82, 2.24) is 28.9 Å². The monoisotopic (exact) mass is 778 g/mol. The maximum Gasteiger partial charge on any atom is 0.410 e. The van der Waals surface area contributed by atoms with Crippen molar-refractivity contribution < 1.29 is 23.9 Å². The van der Waals surface area contributed by atoms with Crippen LogP contribution in [0, 0.1) is 0 Å². The lowest BCUT2D eigenvalue weighted by Crippen LogP contribution is -2.42. The molecule has 13 nitrogen and oxygen atoms in total. The van der Waals surface area contributed by atoms with Gasteiger partial charge in [-0.25, -0.2) is 14.8 Å². The number of hydrogen-bond donors (Lipinski definition) is 2. The molecule has 0 aliphatic carbocycles. The number of nitrogens with one attached hydrogen (secondary N) is 2. The van der Waals surface area contributed by atoms with Crippen molar-refractivity contribution in [2.75, 3.05) is 37.4 Å². The lowest BCUT2D eigenvalue weighted by Gasteiger charge is -2.36. The molecule has 2 N–H and O–H groups in total. The highest BCUT2D eigenvalue weighted by Crippen LogP contribution is 2.40. The molecular formula is C39H48Cl2N8O5. The van der Waals surface area contributed by atoms with E-state index in [0.717, 1.165) is 56.1 Å². The van der Waals surface area contributed by atoms with Gasteiger partial charge in [0.2, 0.25) is 0 Å². The maximum atomic E-state index is 13.7. The van der Waals surface area contributed by atoms with E-state index < -0.39 is 17.6 Å². The summed E-state index contributed by atoms with van der Waals surface area (Å²) in [5, 5.41) is 6.41. The van der Waals surface area contributed by atoms with Crippen molar-refractivity contribution in [3.8, 4) is 11.1 Å². The van der Waals surface area contributed by atoms with Gasteiger partial charge in [0.25, 0.3) is 11.8 Å². The number of carbonyl (C=O) groups is 3. The Labute approximate surface area is 325 Å². The number of anilines is 2. The summed E-state index contributed by atoms with van der Waals surface area (Å²) in [6.45, 7) is 10.7. The predicted molar refractivity (Wildman–Crippen MR) is 209 cm³/mol. The molecule has 0 radical (unpaired) electrons. The van der Waals surface area contributed by atoms with Gasteiger partial charge in [-0.1, -0.05) is 54.4 Å². The lowest BCUT2D eigenvalue weighted by atomic mass is 10.0. The van der Waals surface area contributed by atoms with Gasteiger partial charge in [0.05, 0.1) is 39.4 Å². The fourth-order valence-corrected chi connectivity index (χ4v) is 7.68. The summed E-state index contributed by atoms with van der Waals surface area (Å²) in [4.78, 5) is 53.2. The largest absolute Gasteiger partial charge is 0.444 e. The number of hydrogen-bond acceptors (Lipinski definition) is 8. The average Bonchev–Trinajstić information content (AvgIpc) is 3.64. The number of imidazole rings is 2. The van der Waals surface area contributed by atoms with Crippen LogP contribution in [-0.2, 0) is 49.5 Å². The van der Waals surface area contributed by atoms with Crippen LogP contribution in [0.4, 0.5) is 16.2 Å². The van der Waals surface area contributed by atoms with Crippen molar-refractivity contribution in [2.24, 2.45) is 14.1 Å². The van der Waals surface area contributed by atoms with Crippen LogP contribution in [0.25, 0.3) is 11.1 Å². The Morgan fingerprint density at radius 1 is 0.926 bits per heavy atom. The summed E-state index contributed by atoms with van der Waals surface area (Å²) in [6, 6.07) is 11.0. The number of halogens is 2. The molecule has 6 rings (SSSR count).